The average Bonchev–Trinajstić information content (AvgIpc) is 3.40. The van der Waals surface area contributed by atoms with E-state index in [2.05, 4.69) is 25.5 Å². The monoisotopic (exact) mass is 418 g/mol. The molecule has 0 saturated heterocycles. The lowest BCUT2D eigenvalue weighted by atomic mass is 9.96. The SMILES string of the molecule is Cc1cnc(-c2cc3c(n4cnnc24)NCc2c(F)ccc4c2[C@@H](CO4)CO3)c(C)n1. The molecule has 31 heavy (non-hydrogen) atoms. The van der Waals surface area contributed by atoms with Crippen molar-refractivity contribution < 1.29 is 13.9 Å². The molecular formula is C22H19FN6O2. The van der Waals surface area contributed by atoms with Gasteiger partial charge in [-0.1, -0.05) is 0 Å². The normalized spacial score (nSPS) is 16.9. The Morgan fingerprint density at radius 1 is 1.16 bits per heavy atom. The fraction of sp³-hybridized carbons (Fsp3) is 0.273. The summed E-state index contributed by atoms with van der Waals surface area (Å²) < 4.78 is 28.6. The molecule has 0 bridgehead atoms. The summed E-state index contributed by atoms with van der Waals surface area (Å²) in [5, 5.41) is 11.7. The Hall–Kier alpha value is -3.75. The van der Waals surface area contributed by atoms with E-state index in [1.165, 1.54) is 6.07 Å². The Balaban J connectivity index is 1.53. The van der Waals surface area contributed by atoms with Crippen LogP contribution in [-0.4, -0.2) is 37.8 Å². The second-order valence-electron chi connectivity index (χ2n) is 7.85. The van der Waals surface area contributed by atoms with Crippen LogP contribution in [0.2, 0.25) is 0 Å². The van der Waals surface area contributed by atoms with Gasteiger partial charge in [0, 0.05) is 23.9 Å². The van der Waals surface area contributed by atoms with Gasteiger partial charge in [0.1, 0.15) is 17.9 Å². The third-order valence-electron chi connectivity index (χ3n) is 5.84. The number of rotatable bonds is 1. The second kappa shape index (κ2) is 6.63. The lowest BCUT2D eigenvalue weighted by Gasteiger charge is -2.17. The van der Waals surface area contributed by atoms with Gasteiger partial charge in [0.25, 0.3) is 0 Å². The van der Waals surface area contributed by atoms with E-state index in [4.69, 9.17) is 9.47 Å². The zero-order valence-electron chi connectivity index (χ0n) is 17.0. The molecule has 0 aliphatic carbocycles. The van der Waals surface area contributed by atoms with Crippen LogP contribution < -0.4 is 14.8 Å². The van der Waals surface area contributed by atoms with Gasteiger partial charge < -0.3 is 14.8 Å². The number of aromatic nitrogens is 5. The summed E-state index contributed by atoms with van der Waals surface area (Å²) in [6.07, 6.45) is 3.34. The van der Waals surface area contributed by atoms with Gasteiger partial charge >= 0.3 is 0 Å². The molecule has 1 atom stereocenters. The van der Waals surface area contributed by atoms with Gasteiger partial charge in [-0.3, -0.25) is 14.4 Å². The lowest BCUT2D eigenvalue weighted by Crippen LogP contribution is -2.13. The largest absolute Gasteiger partial charge is 0.493 e. The number of fused-ring (bicyclic) bond motifs is 3. The molecule has 3 aromatic heterocycles. The van der Waals surface area contributed by atoms with Crippen molar-refractivity contribution in [3.63, 3.8) is 0 Å². The minimum absolute atomic E-state index is 0.0468. The highest BCUT2D eigenvalue weighted by Gasteiger charge is 2.31. The fourth-order valence-corrected chi connectivity index (χ4v) is 4.42. The van der Waals surface area contributed by atoms with Gasteiger partial charge in [0.15, 0.2) is 17.2 Å². The van der Waals surface area contributed by atoms with Crippen molar-refractivity contribution in [2.45, 2.75) is 26.3 Å². The van der Waals surface area contributed by atoms with Crippen LogP contribution in [0.3, 0.4) is 0 Å². The number of aryl methyl sites for hydroxylation is 2. The maximum Gasteiger partial charge on any atom is 0.171 e. The van der Waals surface area contributed by atoms with Crippen molar-refractivity contribution >= 4 is 11.5 Å². The molecule has 8 nitrogen and oxygen atoms in total. The topological polar surface area (TPSA) is 86.5 Å². The highest BCUT2D eigenvalue weighted by molar-refractivity contribution is 5.81. The minimum atomic E-state index is -0.257. The van der Waals surface area contributed by atoms with Crippen LogP contribution in [0.1, 0.15) is 28.4 Å². The summed E-state index contributed by atoms with van der Waals surface area (Å²) in [5.41, 5.74) is 5.23. The molecule has 156 valence electrons. The molecule has 2 aliphatic heterocycles. The lowest BCUT2D eigenvalue weighted by molar-refractivity contribution is 0.249. The van der Waals surface area contributed by atoms with Gasteiger partial charge in [-0.2, -0.15) is 0 Å². The minimum Gasteiger partial charge on any atom is -0.493 e. The molecule has 4 aromatic rings. The summed E-state index contributed by atoms with van der Waals surface area (Å²) >= 11 is 0. The van der Waals surface area contributed by atoms with Crippen LogP contribution in [0, 0.1) is 19.7 Å². The van der Waals surface area contributed by atoms with E-state index in [0.717, 1.165) is 34.0 Å². The van der Waals surface area contributed by atoms with Crippen molar-refractivity contribution in [1.29, 1.82) is 0 Å². The molecule has 0 spiro atoms. The molecule has 5 heterocycles. The first kappa shape index (κ1) is 18.1. The number of benzene rings is 1. The maximum absolute atomic E-state index is 14.7. The Kier molecular flexibility index (Phi) is 3.86. The molecule has 0 amide bonds. The van der Waals surface area contributed by atoms with Crippen LogP contribution in [0.4, 0.5) is 10.2 Å². The summed E-state index contributed by atoms with van der Waals surface area (Å²) in [6, 6.07) is 5.05. The van der Waals surface area contributed by atoms with Crippen molar-refractivity contribution in [1.82, 2.24) is 24.6 Å². The molecule has 0 unspecified atom stereocenters. The van der Waals surface area contributed by atoms with E-state index >= 15 is 0 Å². The van der Waals surface area contributed by atoms with Crippen LogP contribution >= 0.6 is 0 Å². The highest BCUT2D eigenvalue weighted by atomic mass is 19.1. The summed E-state index contributed by atoms with van der Waals surface area (Å²) in [4.78, 5) is 9.12. The first-order chi connectivity index (χ1) is 15.1. The van der Waals surface area contributed by atoms with Gasteiger partial charge in [0.05, 0.1) is 41.8 Å². The van der Waals surface area contributed by atoms with Crippen molar-refractivity contribution in [2.24, 2.45) is 0 Å². The Morgan fingerprint density at radius 2 is 2.00 bits per heavy atom. The molecule has 9 heteroatoms. The van der Waals surface area contributed by atoms with Crippen molar-refractivity contribution in [3.8, 4) is 22.8 Å². The predicted molar refractivity (Wildman–Crippen MR) is 111 cm³/mol. The van der Waals surface area contributed by atoms with E-state index in [-0.39, 0.29) is 11.7 Å². The average molecular weight is 418 g/mol. The second-order valence-corrected chi connectivity index (χ2v) is 7.85. The Morgan fingerprint density at radius 3 is 2.84 bits per heavy atom. The number of nitrogens with zero attached hydrogens (tertiary/aromatic N) is 5. The van der Waals surface area contributed by atoms with Crippen LogP contribution in [0.15, 0.2) is 30.7 Å². The number of anilines is 1. The van der Waals surface area contributed by atoms with E-state index in [1.54, 1.807) is 18.6 Å². The van der Waals surface area contributed by atoms with E-state index in [0.29, 0.717) is 42.5 Å². The van der Waals surface area contributed by atoms with Gasteiger partial charge in [-0.25, -0.2) is 4.39 Å². The number of hydrogen-bond donors (Lipinski definition) is 1. The van der Waals surface area contributed by atoms with Crippen molar-refractivity contribution in [3.05, 3.63) is 59.1 Å². The smallest absolute Gasteiger partial charge is 0.171 e. The van der Waals surface area contributed by atoms with E-state index in [9.17, 15) is 4.39 Å². The number of hydrogen-bond acceptors (Lipinski definition) is 7. The molecular weight excluding hydrogens is 399 g/mol. The molecule has 1 aromatic carbocycles. The molecule has 6 rings (SSSR count). The van der Waals surface area contributed by atoms with Gasteiger partial charge in [-0.05, 0) is 32.0 Å². The third-order valence-corrected chi connectivity index (χ3v) is 5.84. The molecule has 0 fully saturated rings. The summed E-state index contributed by atoms with van der Waals surface area (Å²) in [6.45, 7) is 4.94. The molecule has 0 saturated carbocycles. The standard InChI is InChI=1S/C22H19FN6O2/c1-11-6-24-20(12(2)27-11)14-5-18-22(29-10-26-28-21(14)29)25-7-15-16(23)3-4-17-19(15)13(8-30-17)9-31-18/h3-6,10,13,25H,7-9H2,1-2H3/t13-/m0/s1. The predicted octanol–water partition coefficient (Wildman–Crippen LogP) is 3.42. The zero-order chi connectivity index (χ0) is 21.1. The van der Waals surface area contributed by atoms with E-state index < -0.39 is 0 Å². The first-order valence-electron chi connectivity index (χ1n) is 10.1. The van der Waals surface area contributed by atoms with E-state index in [1.807, 2.05) is 24.3 Å². The number of ether oxygens (including phenoxy) is 2. The number of pyridine rings is 1. The molecule has 2 aliphatic rings. The third kappa shape index (κ3) is 2.73. The summed E-state index contributed by atoms with van der Waals surface area (Å²) in [7, 11) is 0. The van der Waals surface area contributed by atoms with Crippen LogP contribution in [-0.2, 0) is 6.54 Å². The number of nitrogens with one attached hydrogen (secondary N) is 1. The number of halogens is 1. The van der Waals surface area contributed by atoms with Crippen molar-refractivity contribution in [2.75, 3.05) is 18.5 Å². The zero-order valence-corrected chi connectivity index (χ0v) is 17.0. The van der Waals surface area contributed by atoms with Gasteiger partial charge in [0.2, 0.25) is 0 Å². The quantitative estimate of drug-likeness (QED) is 0.507. The Labute approximate surface area is 177 Å². The molecule has 0 radical (unpaired) electrons. The molecule has 1 N–H and O–H groups in total. The van der Waals surface area contributed by atoms with Crippen LogP contribution in [0.5, 0.6) is 11.5 Å². The summed E-state index contributed by atoms with van der Waals surface area (Å²) in [5.74, 6) is 1.70. The Bertz CT molecular complexity index is 1350. The first-order valence-corrected chi connectivity index (χ1v) is 10.1. The van der Waals surface area contributed by atoms with Gasteiger partial charge in [-0.15, -0.1) is 10.2 Å². The highest BCUT2D eigenvalue weighted by Crippen LogP contribution is 2.41. The van der Waals surface area contributed by atoms with Crippen LogP contribution in [0.25, 0.3) is 16.9 Å². The fourth-order valence-electron chi connectivity index (χ4n) is 4.42. The maximum atomic E-state index is 14.7.